The quantitative estimate of drug-likeness (QED) is 0.739. The summed E-state index contributed by atoms with van der Waals surface area (Å²) in [6, 6.07) is 3.68. The van der Waals surface area contributed by atoms with Crippen LogP contribution < -0.4 is 11.1 Å². The summed E-state index contributed by atoms with van der Waals surface area (Å²) in [5.74, 6) is -0.849. The van der Waals surface area contributed by atoms with Crippen LogP contribution >= 0.6 is 11.8 Å². The van der Waals surface area contributed by atoms with Crippen molar-refractivity contribution in [3.63, 3.8) is 0 Å². The zero-order chi connectivity index (χ0) is 14.3. The third-order valence-electron chi connectivity index (χ3n) is 2.18. The molecule has 104 valence electrons. The lowest BCUT2D eigenvalue weighted by atomic mass is 10.2. The molecule has 0 saturated carbocycles. The number of thioether (sulfide) groups is 1. The summed E-state index contributed by atoms with van der Waals surface area (Å²) in [5, 5.41) is 2.57. The summed E-state index contributed by atoms with van der Waals surface area (Å²) in [4.78, 5) is 22.5. The smallest absolute Gasteiger partial charge is 0.251 e. The molecule has 7 heteroatoms. The number of carbonyl (C=O) groups is 2. The fourth-order valence-electron chi connectivity index (χ4n) is 1.30. The van der Waals surface area contributed by atoms with Crippen molar-refractivity contribution < 1.29 is 18.7 Å². The first kappa shape index (κ1) is 15.5. The number of benzene rings is 1. The van der Waals surface area contributed by atoms with Crippen LogP contribution in [0.25, 0.3) is 0 Å². The van der Waals surface area contributed by atoms with E-state index in [1.54, 1.807) is 7.11 Å². The second kappa shape index (κ2) is 7.75. The number of amides is 2. The van der Waals surface area contributed by atoms with Gasteiger partial charge in [-0.1, -0.05) is 0 Å². The number of hydrogen-bond acceptors (Lipinski definition) is 4. The first-order valence-electron chi connectivity index (χ1n) is 5.50. The van der Waals surface area contributed by atoms with Crippen molar-refractivity contribution in [1.29, 1.82) is 0 Å². The maximum Gasteiger partial charge on any atom is 0.251 e. The third kappa shape index (κ3) is 5.27. The zero-order valence-electron chi connectivity index (χ0n) is 10.4. The predicted octanol–water partition coefficient (Wildman–Crippen LogP) is 1.24. The van der Waals surface area contributed by atoms with Crippen molar-refractivity contribution >= 4 is 29.3 Å². The average molecular weight is 286 g/mol. The molecule has 0 spiro atoms. The Hall–Kier alpha value is -1.60. The molecule has 0 aliphatic rings. The number of methoxy groups -OCH3 is 1. The zero-order valence-corrected chi connectivity index (χ0v) is 11.3. The second-order valence-electron chi connectivity index (χ2n) is 3.65. The van der Waals surface area contributed by atoms with Gasteiger partial charge in [-0.2, -0.15) is 0 Å². The molecule has 0 radical (unpaired) electrons. The molecule has 19 heavy (non-hydrogen) atoms. The molecule has 0 saturated heterocycles. The molecule has 3 N–H and O–H groups in total. The molecule has 1 aromatic carbocycles. The van der Waals surface area contributed by atoms with Gasteiger partial charge in [-0.25, -0.2) is 4.39 Å². The summed E-state index contributed by atoms with van der Waals surface area (Å²) in [7, 11) is 1.59. The van der Waals surface area contributed by atoms with E-state index < -0.39 is 11.7 Å². The van der Waals surface area contributed by atoms with Crippen LogP contribution in [-0.4, -0.2) is 37.0 Å². The minimum atomic E-state index is -0.872. The number of nitrogens with one attached hydrogen (secondary N) is 1. The highest BCUT2D eigenvalue weighted by Gasteiger charge is 2.10. The van der Waals surface area contributed by atoms with Crippen molar-refractivity contribution in [3.05, 3.63) is 29.6 Å². The van der Waals surface area contributed by atoms with Gasteiger partial charge in [0.05, 0.1) is 17.9 Å². The first-order chi connectivity index (χ1) is 9.04. The minimum Gasteiger partial charge on any atom is -0.384 e. The highest BCUT2D eigenvalue weighted by Crippen LogP contribution is 2.14. The summed E-state index contributed by atoms with van der Waals surface area (Å²) in [6.07, 6.45) is 0. The molecule has 0 aliphatic carbocycles. The van der Waals surface area contributed by atoms with E-state index in [1.165, 1.54) is 23.9 Å². The fraction of sp³-hybridized carbons (Fsp3) is 0.333. The molecule has 2 amide bonds. The van der Waals surface area contributed by atoms with E-state index in [-0.39, 0.29) is 17.2 Å². The van der Waals surface area contributed by atoms with Crippen LogP contribution in [0.15, 0.2) is 18.2 Å². The summed E-state index contributed by atoms with van der Waals surface area (Å²) in [6.45, 7) is 0.570. The molecule has 0 unspecified atom stereocenters. The monoisotopic (exact) mass is 286 g/mol. The number of hydrogen-bond donors (Lipinski definition) is 2. The molecule has 0 fully saturated rings. The molecule has 0 aromatic heterocycles. The Morgan fingerprint density at radius 2 is 2.21 bits per heavy atom. The average Bonchev–Trinajstić information content (AvgIpc) is 2.36. The summed E-state index contributed by atoms with van der Waals surface area (Å²) < 4.78 is 18.1. The number of halogens is 1. The predicted molar refractivity (Wildman–Crippen MR) is 72.7 cm³/mol. The Kier molecular flexibility index (Phi) is 6.31. The lowest BCUT2D eigenvalue weighted by molar-refractivity contribution is -0.113. The SMILES string of the molecule is COCCSCC(=O)Nc1ccc(F)c(C(N)=O)c1. The Balaban J connectivity index is 2.55. The molecule has 1 aromatic rings. The van der Waals surface area contributed by atoms with E-state index in [1.807, 2.05) is 0 Å². The van der Waals surface area contributed by atoms with Crippen molar-refractivity contribution in [3.8, 4) is 0 Å². The topological polar surface area (TPSA) is 81.4 Å². The molecule has 5 nitrogen and oxygen atoms in total. The lowest BCUT2D eigenvalue weighted by Crippen LogP contribution is -2.17. The van der Waals surface area contributed by atoms with Gasteiger partial charge in [-0.05, 0) is 18.2 Å². The lowest BCUT2D eigenvalue weighted by Gasteiger charge is -2.07. The van der Waals surface area contributed by atoms with Gasteiger partial charge in [0, 0.05) is 18.6 Å². The number of rotatable bonds is 7. The largest absolute Gasteiger partial charge is 0.384 e. The van der Waals surface area contributed by atoms with Gasteiger partial charge in [0.2, 0.25) is 5.91 Å². The highest BCUT2D eigenvalue weighted by molar-refractivity contribution is 7.99. The van der Waals surface area contributed by atoms with Gasteiger partial charge < -0.3 is 15.8 Å². The number of carbonyl (C=O) groups excluding carboxylic acids is 2. The Bertz CT molecular complexity index is 468. The van der Waals surface area contributed by atoms with Gasteiger partial charge in [0.1, 0.15) is 5.82 Å². The van der Waals surface area contributed by atoms with Crippen LogP contribution in [0.4, 0.5) is 10.1 Å². The van der Waals surface area contributed by atoms with Crippen molar-refractivity contribution in [2.24, 2.45) is 5.73 Å². The molecule has 1 rings (SSSR count). The van der Waals surface area contributed by atoms with E-state index in [4.69, 9.17) is 10.5 Å². The summed E-state index contributed by atoms with van der Waals surface area (Å²) in [5.41, 5.74) is 5.11. The highest BCUT2D eigenvalue weighted by atomic mass is 32.2. The van der Waals surface area contributed by atoms with Gasteiger partial charge in [-0.3, -0.25) is 9.59 Å². The van der Waals surface area contributed by atoms with E-state index in [2.05, 4.69) is 5.32 Å². The van der Waals surface area contributed by atoms with Crippen LogP contribution in [0.1, 0.15) is 10.4 Å². The van der Waals surface area contributed by atoms with Gasteiger partial charge in [-0.15, -0.1) is 11.8 Å². The van der Waals surface area contributed by atoms with Crippen LogP contribution in [0.5, 0.6) is 0 Å². The van der Waals surface area contributed by atoms with Crippen LogP contribution in [0, 0.1) is 5.82 Å². The number of nitrogens with two attached hydrogens (primary N) is 1. The molecular formula is C12H15FN2O3S. The molecule has 0 aliphatic heterocycles. The maximum absolute atomic E-state index is 13.2. The Labute approximate surface area is 114 Å². The first-order valence-corrected chi connectivity index (χ1v) is 6.66. The van der Waals surface area contributed by atoms with E-state index in [0.29, 0.717) is 18.0 Å². The number of ether oxygens (including phenoxy) is 1. The van der Waals surface area contributed by atoms with Gasteiger partial charge in [0.15, 0.2) is 0 Å². The van der Waals surface area contributed by atoms with Crippen molar-refractivity contribution in [2.45, 2.75) is 0 Å². The van der Waals surface area contributed by atoms with Crippen LogP contribution in [0.3, 0.4) is 0 Å². The Morgan fingerprint density at radius 1 is 1.47 bits per heavy atom. The van der Waals surface area contributed by atoms with Crippen molar-refractivity contribution in [1.82, 2.24) is 0 Å². The molecular weight excluding hydrogens is 271 g/mol. The maximum atomic E-state index is 13.2. The van der Waals surface area contributed by atoms with E-state index in [9.17, 15) is 14.0 Å². The molecule has 0 atom stereocenters. The van der Waals surface area contributed by atoms with E-state index in [0.717, 1.165) is 6.07 Å². The summed E-state index contributed by atoms with van der Waals surface area (Å²) >= 11 is 1.42. The standard InChI is InChI=1S/C12H15FN2O3S/c1-18-4-5-19-7-11(16)15-8-2-3-10(13)9(6-8)12(14)17/h2-3,6H,4-5,7H2,1H3,(H2,14,17)(H,15,16). The van der Waals surface area contributed by atoms with Gasteiger partial charge >= 0.3 is 0 Å². The van der Waals surface area contributed by atoms with Crippen LogP contribution in [-0.2, 0) is 9.53 Å². The van der Waals surface area contributed by atoms with Gasteiger partial charge in [0.25, 0.3) is 5.91 Å². The minimum absolute atomic E-state index is 0.233. The molecule has 0 bridgehead atoms. The molecule has 0 heterocycles. The van der Waals surface area contributed by atoms with E-state index >= 15 is 0 Å². The second-order valence-corrected chi connectivity index (χ2v) is 4.76. The van der Waals surface area contributed by atoms with Crippen molar-refractivity contribution in [2.75, 3.05) is 30.5 Å². The Morgan fingerprint density at radius 3 is 2.84 bits per heavy atom. The number of anilines is 1. The number of primary amides is 1. The fourth-order valence-corrected chi connectivity index (χ4v) is 1.98. The van der Waals surface area contributed by atoms with Crippen LogP contribution in [0.2, 0.25) is 0 Å². The normalized spacial score (nSPS) is 10.2. The third-order valence-corrected chi connectivity index (χ3v) is 3.10.